The topological polar surface area (TPSA) is 68.2 Å². The molecule has 0 saturated heterocycles. The van der Waals surface area contributed by atoms with Crippen molar-refractivity contribution in [2.24, 2.45) is 0 Å². The maximum Gasteiger partial charge on any atom is 0.472 e. The van der Waals surface area contributed by atoms with Gasteiger partial charge in [-0.15, -0.1) is 0 Å². The Hall–Kier alpha value is -0.0100. The van der Waals surface area contributed by atoms with Crippen molar-refractivity contribution in [2.45, 2.75) is 116 Å². The molecular weight excluding hydrogens is 475 g/mol. The van der Waals surface area contributed by atoms with E-state index < -0.39 is 7.82 Å². The number of nitrogens with zero attached hydrogens (tertiary/aromatic N) is 2. The first-order valence-electron chi connectivity index (χ1n) is 14.7. The zero-order chi connectivity index (χ0) is 27.1. The van der Waals surface area contributed by atoms with E-state index >= 15 is 0 Å². The van der Waals surface area contributed by atoms with Crippen molar-refractivity contribution in [1.29, 1.82) is 0 Å². The molecule has 0 aromatic rings. The van der Waals surface area contributed by atoms with Crippen LogP contribution in [0.3, 0.4) is 0 Å². The highest BCUT2D eigenvalue weighted by molar-refractivity contribution is 7.47. The second kappa shape index (κ2) is 22.9. The van der Waals surface area contributed by atoms with Crippen LogP contribution in [0, 0.1) is 0 Å². The molecule has 0 saturated carbocycles. The summed E-state index contributed by atoms with van der Waals surface area (Å²) in [6.07, 6.45) is 21.8. The third kappa shape index (κ3) is 24.3. The van der Waals surface area contributed by atoms with Gasteiger partial charge in [0.25, 0.3) is 0 Å². The molecule has 0 amide bonds. The lowest BCUT2D eigenvalue weighted by Gasteiger charge is -2.28. The minimum Gasteiger partial charge on any atom is -0.383 e. The molecule has 0 aromatic heterocycles. The van der Waals surface area contributed by atoms with Gasteiger partial charge in [-0.05, 0) is 20.0 Å². The van der Waals surface area contributed by atoms with E-state index in [0.29, 0.717) is 17.6 Å². The highest BCUT2D eigenvalue weighted by atomic mass is 31.2. The SMILES string of the molecule is CCCCCCCCCCCCCCCCCCN(C)[C@@H](COC)COP(=O)(O)OCC[N+](C)(C)C. The van der Waals surface area contributed by atoms with E-state index in [9.17, 15) is 9.46 Å². The summed E-state index contributed by atoms with van der Waals surface area (Å²) in [5.41, 5.74) is 0. The third-order valence-electron chi connectivity index (χ3n) is 6.79. The number of hydrogen-bond donors (Lipinski definition) is 1. The van der Waals surface area contributed by atoms with Gasteiger partial charge >= 0.3 is 7.82 Å². The van der Waals surface area contributed by atoms with Crippen LogP contribution in [0.5, 0.6) is 0 Å². The molecule has 0 spiro atoms. The smallest absolute Gasteiger partial charge is 0.383 e. The summed E-state index contributed by atoms with van der Waals surface area (Å²) < 4.78 is 28.6. The zero-order valence-electron chi connectivity index (χ0n) is 24.8. The first-order chi connectivity index (χ1) is 17.1. The molecule has 0 aliphatic carbocycles. The number of phosphoric acid groups is 1. The molecule has 0 bridgehead atoms. The van der Waals surface area contributed by atoms with Crippen LogP contribution in [-0.4, -0.2) is 88.5 Å². The number of likely N-dealkylation sites (N-methyl/N-ethyl adjacent to an activating group) is 2. The van der Waals surface area contributed by atoms with Crippen molar-refractivity contribution >= 4 is 7.82 Å². The minimum absolute atomic E-state index is 0.0752. The quantitative estimate of drug-likeness (QED) is 0.0689. The number of hydrogen-bond acceptors (Lipinski definition) is 5. The van der Waals surface area contributed by atoms with E-state index in [4.69, 9.17) is 13.8 Å². The molecule has 1 unspecified atom stereocenters. The lowest BCUT2D eigenvalue weighted by atomic mass is 10.0. The normalized spacial score (nSPS) is 14.9. The Labute approximate surface area is 224 Å². The van der Waals surface area contributed by atoms with Crippen molar-refractivity contribution < 1.29 is 27.7 Å². The number of rotatable bonds is 27. The molecule has 0 fully saturated rings. The molecular formula is C28H62N2O5P+. The van der Waals surface area contributed by atoms with E-state index in [0.717, 1.165) is 13.0 Å². The summed E-state index contributed by atoms with van der Waals surface area (Å²) in [6, 6.07) is -0.0752. The van der Waals surface area contributed by atoms with Crippen LogP contribution < -0.4 is 0 Å². The number of quaternary nitrogens is 1. The van der Waals surface area contributed by atoms with Crippen molar-refractivity contribution in [3.05, 3.63) is 0 Å². The molecule has 0 rings (SSSR count). The van der Waals surface area contributed by atoms with E-state index in [1.54, 1.807) is 7.11 Å². The zero-order valence-corrected chi connectivity index (χ0v) is 25.7. The van der Waals surface area contributed by atoms with Crippen LogP contribution >= 0.6 is 7.82 Å². The van der Waals surface area contributed by atoms with Gasteiger partial charge < -0.3 is 14.1 Å². The van der Waals surface area contributed by atoms with Gasteiger partial charge in [0.05, 0.1) is 40.4 Å². The fourth-order valence-electron chi connectivity index (χ4n) is 4.23. The second-order valence-electron chi connectivity index (χ2n) is 11.5. The summed E-state index contributed by atoms with van der Waals surface area (Å²) in [6.45, 7) is 4.58. The minimum atomic E-state index is -4.05. The molecule has 0 heterocycles. The Bertz CT molecular complexity index is 531. The van der Waals surface area contributed by atoms with Gasteiger partial charge in [0, 0.05) is 7.11 Å². The maximum atomic E-state index is 12.2. The molecule has 36 heavy (non-hydrogen) atoms. The molecule has 0 aliphatic rings. The van der Waals surface area contributed by atoms with Crippen LogP contribution in [0.25, 0.3) is 0 Å². The van der Waals surface area contributed by atoms with Crippen molar-refractivity contribution in [1.82, 2.24) is 4.90 Å². The fraction of sp³-hybridized carbons (Fsp3) is 1.00. The van der Waals surface area contributed by atoms with Gasteiger partial charge in [-0.25, -0.2) is 4.57 Å². The largest absolute Gasteiger partial charge is 0.472 e. The van der Waals surface area contributed by atoms with Gasteiger partial charge in [-0.2, -0.15) is 0 Å². The van der Waals surface area contributed by atoms with Crippen LogP contribution in [0.2, 0.25) is 0 Å². The summed E-state index contributed by atoms with van der Waals surface area (Å²) in [7, 11) is 5.64. The van der Waals surface area contributed by atoms with Crippen molar-refractivity contribution in [3.63, 3.8) is 0 Å². The van der Waals surface area contributed by atoms with Crippen molar-refractivity contribution in [2.75, 3.05) is 68.2 Å². The molecule has 0 radical (unpaired) electrons. The van der Waals surface area contributed by atoms with Gasteiger partial charge in [-0.1, -0.05) is 103 Å². The lowest BCUT2D eigenvalue weighted by Crippen LogP contribution is -2.39. The Morgan fingerprint density at radius 3 is 1.61 bits per heavy atom. The molecule has 0 aliphatic heterocycles. The van der Waals surface area contributed by atoms with E-state index in [1.807, 2.05) is 28.2 Å². The van der Waals surface area contributed by atoms with E-state index in [1.165, 1.54) is 96.3 Å². The summed E-state index contributed by atoms with van der Waals surface area (Å²) in [5.74, 6) is 0. The second-order valence-corrected chi connectivity index (χ2v) is 13.0. The Balaban J connectivity index is 3.78. The fourth-order valence-corrected chi connectivity index (χ4v) is 4.98. The lowest BCUT2D eigenvalue weighted by molar-refractivity contribution is -0.870. The average molecular weight is 538 g/mol. The monoisotopic (exact) mass is 537 g/mol. The van der Waals surface area contributed by atoms with E-state index in [2.05, 4.69) is 11.8 Å². The summed E-state index contributed by atoms with van der Waals surface area (Å²) in [4.78, 5) is 12.1. The first kappa shape index (κ1) is 36.0. The highest BCUT2D eigenvalue weighted by Gasteiger charge is 2.26. The van der Waals surface area contributed by atoms with Gasteiger partial charge in [0.15, 0.2) is 0 Å². The number of unbranched alkanes of at least 4 members (excludes halogenated alkanes) is 15. The molecule has 2 atom stereocenters. The van der Waals surface area contributed by atoms with Crippen LogP contribution in [0.4, 0.5) is 0 Å². The number of phosphoric ester groups is 1. The van der Waals surface area contributed by atoms with Crippen molar-refractivity contribution in [3.8, 4) is 0 Å². The number of ether oxygens (including phenoxy) is 1. The molecule has 218 valence electrons. The van der Waals surface area contributed by atoms with Gasteiger partial charge in [0.1, 0.15) is 13.2 Å². The predicted molar refractivity (Wildman–Crippen MR) is 152 cm³/mol. The molecule has 0 aromatic carbocycles. The van der Waals surface area contributed by atoms with Crippen LogP contribution in [0.15, 0.2) is 0 Å². The summed E-state index contributed by atoms with van der Waals surface area (Å²) >= 11 is 0. The highest BCUT2D eigenvalue weighted by Crippen LogP contribution is 2.43. The van der Waals surface area contributed by atoms with Crippen LogP contribution in [-0.2, 0) is 18.3 Å². The van der Waals surface area contributed by atoms with Crippen LogP contribution in [0.1, 0.15) is 110 Å². The Morgan fingerprint density at radius 1 is 0.750 bits per heavy atom. The van der Waals surface area contributed by atoms with E-state index in [-0.39, 0.29) is 19.3 Å². The third-order valence-corrected chi connectivity index (χ3v) is 7.78. The molecule has 7 nitrogen and oxygen atoms in total. The maximum absolute atomic E-state index is 12.2. The standard InChI is InChI=1S/C28H61N2O5P/c1-7-8-9-10-11-12-13-14-15-16-17-18-19-20-21-22-23-29(2)28(26-33-6)27-35-36(31,32)34-25-24-30(3,4)5/h28H,7-27H2,1-6H3/p+1/t28-/m0/s1. The molecule has 1 N–H and O–H groups in total. The van der Waals surface area contributed by atoms with Gasteiger partial charge in [0.2, 0.25) is 0 Å². The van der Waals surface area contributed by atoms with Gasteiger partial charge in [-0.3, -0.25) is 13.9 Å². The Kier molecular flexibility index (Phi) is 22.9. The molecule has 8 heteroatoms. The summed E-state index contributed by atoms with van der Waals surface area (Å²) in [5, 5.41) is 0. The average Bonchev–Trinajstić information content (AvgIpc) is 2.80. The first-order valence-corrected chi connectivity index (χ1v) is 16.2. The number of methoxy groups -OCH3 is 1. The Morgan fingerprint density at radius 2 is 1.19 bits per heavy atom. The predicted octanol–water partition coefficient (Wildman–Crippen LogP) is 7.03.